The van der Waals surface area contributed by atoms with E-state index in [1.165, 1.54) is 5.56 Å². The number of hydrogen-bond donors (Lipinski definition) is 1. The molecule has 0 saturated heterocycles. The van der Waals surface area contributed by atoms with Crippen LogP contribution in [0.4, 0.5) is 0 Å². The number of aliphatic hydroxyl groups is 1. The molecule has 1 aromatic heterocycles. The van der Waals surface area contributed by atoms with E-state index in [2.05, 4.69) is 30.9 Å². The molecule has 0 aliphatic rings. The maximum Gasteiger partial charge on any atom is 0.0695 e. The molecule has 98 valence electrons. The molecule has 1 aromatic rings. The van der Waals surface area contributed by atoms with Gasteiger partial charge in [-0.2, -0.15) is 5.10 Å². The summed E-state index contributed by atoms with van der Waals surface area (Å²) in [5.41, 5.74) is 1.19. The third-order valence-corrected chi connectivity index (χ3v) is 3.20. The van der Waals surface area contributed by atoms with E-state index >= 15 is 0 Å². The summed E-state index contributed by atoms with van der Waals surface area (Å²) in [6.07, 6.45) is 6.54. The van der Waals surface area contributed by atoms with E-state index in [9.17, 15) is 5.11 Å². The van der Waals surface area contributed by atoms with Crippen LogP contribution in [0.3, 0.4) is 0 Å². The highest BCUT2D eigenvalue weighted by Gasteiger charge is 2.21. The van der Waals surface area contributed by atoms with Crippen LogP contribution >= 0.6 is 0 Å². The van der Waals surface area contributed by atoms with Gasteiger partial charge in [0.15, 0.2) is 0 Å². The van der Waals surface area contributed by atoms with Gasteiger partial charge in [0.05, 0.1) is 12.3 Å². The van der Waals surface area contributed by atoms with Gasteiger partial charge in [0, 0.05) is 31.4 Å². The molecule has 1 rings (SSSR count). The molecular formula is C13H25N3O. The normalized spacial score (nSPS) is 15.2. The van der Waals surface area contributed by atoms with E-state index < -0.39 is 0 Å². The molecule has 0 radical (unpaired) electrons. The van der Waals surface area contributed by atoms with E-state index in [-0.39, 0.29) is 12.1 Å². The number of aryl methyl sites for hydroxylation is 1. The van der Waals surface area contributed by atoms with E-state index in [1.54, 1.807) is 0 Å². The second-order valence-corrected chi connectivity index (χ2v) is 4.77. The number of rotatable bonds is 7. The Balaban J connectivity index is 2.56. The van der Waals surface area contributed by atoms with E-state index in [4.69, 9.17) is 0 Å². The molecule has 1 heterocycles. The van der Waals surface area contributed by atoms with Crippen molar-refractivity contribution in [3.63, 3.8) is 0 Å². The number of aromatic nitrogens is 2. The van der Waals surface area contributed by atoms with Crippen molar-refractivity contribution >= 4 is 0 Å². The van der Waals surface area contributed by atoms with Crippen LogP contribution in [-0.2, 0) is 13.6 Å². The first-order chi connectivity index (χ1) is 8.08. The minimum Gasteiger partial charge on any atom is -0.391 e. The van der Waals surface area contributed by atoms with Gasteiger partial charge in [-0.3, -0.25) is 9.58 Å². The fourth-order valence-electron chi connectivity index (χ4n) is 2.32. The topological polar surface area (TPSA) is 41.3 Å². The van der Waals surface area contributed by atoms with Crippen molar-refractivity contribution in [2.75, 3.05) is 7.05 Å². The Kier molecular flexibility index (Phi) is 5.65. The SMILES string of the molecule is CCCC(O)C(CC)N(C)Cc1cnn(C)c1. The number of likely N-dealkylation sites (N-methyl/N-ethyl adjacent to an activating group) is 1. The average molecular weight is 239 g/mol. The largest absolute Gasteiger partial charge is 0.391 e. The molecule has 0 amide bonds. The van der Waals surface area contributed by atoms with E-state index in [1.807, 2.05) is 24.1 Å². The van der Waals surface area contributed by atoms with Crippen molar-refractivity contribution < 1.29 is 5.11 Å². The zero-order valence-electron chi connectivity index (χ0n) is 11.4. The molecule has 0 bridgehead atoms. The molecule has 0 aromatic carbocycles. The van der Waals surface area contributed by atoms with Crippen molar-refractivity contribution in [3.8, 4) is 0 Å². The monoisotopic (exact) mass is 239 g/mol. The fraction of sp³-hybridized carbons (Fsp3) is 0.769. The van der Waals surface area contributed by atoms with Crippen molar-refractivity contribution in [3.05, 3.63) is 18.0 Å². The molecule has 0 aliphatic carbocycles. The van der Waals surface area contributed by atoms with Crippen molar-refractivity contribution in [1.29, 1.82) is 0 Å². The molecule has 0 fully saturated rings. The Bertz CT molecular complexity index is 324. The molecule has 2 atom stereocenters. The Hall–Kier alpha value is -0.870. The zero-order valence-corrected chi connectivity index (χ0v) is 11.4. The van der Waals surface area contributed by atoms with Crippen LogP contribution in [0.2, 0.25) is 0 Å². The van der Waals surface area contributed by atoms with Gasteiger partial charge in [-0.25, -0.2) is 0 Å². The quantitative estimate of drug-likeness (QED) is 0.788. The van der Waals surface area contributed by atoms with Crippen LogP contribution < -0.4 is 0 Å². The summed E-state index contributed by atoms with van der Waals surface area (Å²) < 4.78 is 1.81. The first kappa shape index (κ1) is 14.2. The van der Waals surface area contributed by atoms with Gasteiger partial charge in [0.2, 0.25) is 0 Å². The number of aliphatic hydroxyl groups excluding tert-OH is 1. The van der Waals surface area contributed by atoms with Gasteiger partial charge in [0.1, 0.15) is 0 Å². The second-order valence-electron chi connectivity index (χ2n) is 4.77. The van der Waals surface area contributed by atoms with Crippen molar-refractivity contribution in [1.82, 2.24) is 14.7 Å². The number of hydrogen-bond acceptors (Lipinski definition) is 3. The highest BCUT2D eigenvalue weighted by molar-refractivity contribution is 5.03. The number of nitrogens with zero attached hydrogens (tertiary/aromatic N) is 3. The van der Waals surface area contributed by atoms with Crippen LogP contribution in [0.25, 0.3) is 0 Å². The third kappa shape index (κ3) is 4.13. The van der Waals surface area contributed by atoms with Gasteiger partial charge in [-0.1, -0.05) is 20.3 Å². The Morgan fingerprint density at radius 1 is 1.47 bits per heavy atom. The summed E-state index contributed by atoms with van der Waals surface area (Å²) in [6.45, 7) is 5.08. The lowest BCUT2D eigenvalue weighted by atomic mass is 10.0. The summed E-state index contributed by atoms with van der Waals surface area (Å²) in [5.74, 6) is 0. The molecular weight excluding hydrogens is 214 g/mol. The molecule has 17 heavy (non-hydrogen) atoms. The molecule has 1 N–H and O–H groups in total. The van der Waals surface area contributed by atoms with E-state index in [0.717, 1.165) is 25.8 Å². The second kappa shape index (κ2) is 6.77. The zero-order chi connectivity index (χ0) is 12.8. The predicted molar refractivity (Wildman–Crippen MR) is 69.7 cm³/mol. The molecule has 0 saturated carbocycles. The summed E-state index contributed by atoms with van der Waals surface area (Å²) in [7, 11) is 3.99. The lowest BCUT2D eigenvalue weighted by molar-refractivity contribution is 0.0506. The van der Waals surface area contributed by atoms with E-state index in [0.29, 0.717) is 0 Å². The van der Waals surface area contributed by atoms with Crippen LogP contribution in [0, 0.1) is 0 Å². The van der Waals surface area contributed by atoms with Gasteiger partial charge in [0.25, 0.3) is 0 Å². The van der Waals surface area contributed by atoms with Gasteiger partial charge >= 0.3 is 0 Å². The van der Waals surface area contributed by atoms with Gasteiger partial charge in [-0.15, -0.1) is 0 Å². The predicted octanol–water partition coefficient (Wildman–Crippen LogP) is 1.79. The van der Waals surface area contributed by atoms with Crippen molar-refractivity contribution in [2.45, 2.75) is 51.8 Å². The summed E-state index contributed by atoms with van der Waals surface area (Å²) in [4.78, 5) is 2.22. The Morgan fingerprint density at radius 3 is 2.65 bits per heavy atom. The van der Waals surface area contributed by atoms with Crippen molar-refractivity contribution in [2.24, 2.45) is 7.05 Å². The maximum atomic E-state index is 10.1. The minimum atomic E-state index is -0.230. The average Bonchev–Trinajstić information content (AvgIpc) is 2.65. The Labute approximate surface area is 104 Å². The molecule has 4 heteroatoms. The summed E-state index contributed by atoms with van der Waals surface area (Å²) in [5, 5.41) is 14.3. The lowest BCUT2D eigenvalue weighted by Crippen LogP contribution is -2.40. The molecule has 2 unspecified atom stereocenters. The van der Waals surface area contributed by atoms with Crippen LogP contribution in [-0.4, -0.2) is 39.0 Å². The lowest BCUT2D eigenvalue weighted by Gasteiger charge is -2.30. The van der Waals surface area contributed by atoms with Gasteiger partial charge in [-0.05, 0) is 19.9 Å². The summed E-state index contributed by atoms with van der Waals surface area (Å²) >= 11 is 0. The first-order valence-electron chi connectivity index (χ1n) is 6.44. The Morgan fingerprint density at radius 2 is 2.18 bits per heavy atom. The standard InChI is InChI=1S/C13H25N3O/c1-5-7-13(17)12(6-2)15(3)9-11-8-14-16(4)10-11/h8,10,12-13,17H,5-7,9H2,1-4H3. The molecule has 0 aliphatic heterocycles. The highest BCUT2D eigenvalue weighted by Crippen LogP contribution is 2.14. The summed E-state index contributed by atoms with van der Waals surface area (Å²) in [6, 6.07) is 0.232. The smallest absolute Gasteiger partial charge is 0.0695 e. The maximum absolute atomic E-state index is 10.1. The van der Waals surface area contributed by atoms with Crippen LogP contribution in [0.1, 0.15) is 38.7 Å². The molecule has 0 spiro atoms. The fourth-order valence-corrected chi connectivity index (χ4v) is 2.32. The van der Waals surface area contributed by atoms with Gasteiger partial charge < -0.3 is 5.11 Å². The first-order valence-corrected chi connectivity index (χ1v) is 6.44. The van der Waals surface area contributed by atoms with Crippen LogP contribution in [0.5, 0.6) is 0 Å². The molecule has 4 nitrogen and oxygen atoms in total. The highest BCUT2D eigenvalue weighted by atomic mass is 16.3. The van der Waals surface area contributed by atoms with Crippen LogP contribution in [0.15, 0.2) is 12.4 Å². The minimum absolute atomic E-state index is 0.230. The third-order valence-electron chi connectivity index (χ3n) is 3.20.